The SMILES string of the molecule is CNCc1ccc(OC)c(OC2CCC(C)C(C)C2)c1. The summed E-state index contributed by atoms with van der Waals surface area (Å²) in [6.45, 7) is 5.52. The first-order valence-corrected chi connectivity index (χ1v) is 7.62. The van der Waals surface area contributed by atoms with Crippen molar-refractivity contribution in [2.45, 2.75) is 45.8 Å². The van der Waals surface area contributed by atoms with E-state index in [-0.39, 0.29) is 0 Å². The molecule has 1 N–H and O–H groups in total. The highest BCUT2D eigenvalue weighted by Gasteiger charge is 2.26. The van der Waals surface area contributed by atoms with E-state index in [0.717, 1.165) is 42.7 Å². The molecule has 1 aromatic rings. The smallest absolute Gasteiger partial charge is 0.161 e. The Hall–Kier alpha value is -1.22. The molecule has 0 heterocycles. The molecule has 1 aromatic carbocycles. The van der Waals surface area contributed by atoms with Crippen LogP contribution >= 0.6 is 0 Å². The summed E-state index contributed by atoms with van der Waals surface area (Å²) in [4.78, 5) is 0. The molecule has 3 nitrogen and oxygen atoms in total. The van der Waals surface area contributed by atoms with Gasteiger partial charge in [-0.2, -0.15) is 0 Å². The highest BCUT2D eigenvalue weighted by Crippen LogP contribution is 2.35. The number of methoxy groups -OCH3 is 1. The van der Waals surface area contributed by atoms with Gasteiger partial charge in [-0.25, -0.2) is 0 Å². The van der Waals surface area contributed by atoms with Gasteiger partial charge in [-0.05, 0) is 55.8 Å². The zero-order valence-electron chi connectivity index (χ0n) is 13.1. The summed E-state index contributed by atoms with van der Waals surface area (Å²) in [6.07, 6.45) is 3.86. The molecule has 3 atom stereocenters. The third-order valence-electron chi connectivity index (χ3n) is 4.45. The molecule has 0 aliphatic heterocycles. The van der Waals surface area contributed by atoms with Crippen LogP contribution in [0, 0.1) is 11.8 Å². The van der Waals surface area contributed by atoms with E-state index in [2.05, 4.69) is 31.3 Å². The molecule has 1 saturated carbocycles. The summed E-state index contributed by atoms with van der Waals surface area (Å²) >= 11 is 0. The maximum Gasteiger partial charge on any atom is 0.161 e. The number of rotatable bonds is 5. The van der Waals surface area contributed by atoms with Crippen molar-refractivity contribution in [3.8, 4) is 11.5 Å². The van der Waals surface area contributed by atoms with Gasteiger partial charge in [0.15, 0.2) is 11.5 Å². The van der Waals surface area contributed by atoms with E-state index < -0.39 is 0 Å². The van der Waals surface area contributed by atoms with Crippen molar-refractivity contribution in [1.29, 1.82) is 0 Å². The van der Waals surface area contributed by atoms with E-state index in [1.54, 1.807) is 7.11 Å². The zero-order chi connectivity index (χ0) is 14.5. The van der Waals surface area contributed by atoms with Crippen molar-refractivity contribution in [1.82, 2.24) is 5.32 Å². The van der Waals surface area contributed by atoms with E-state index in [1.165, 1.54) is 12.0 Å². The summed E-state index contributed by atoms with van der Waals surface area (Å²) < 4.78 is 11.7. The fraction of sp³-hybridized carbons (Fsp3) is 0.647. The molecule has 1 aliphatic carbocycles. The van der Waals surface area contributed by atoms with Crippen LogP contribution in [-0.4, -0.2) is 20.3 Å². The van der Waals surface area contributed by atoms with Crippen molar-refractivity contribution < 1.29 is 9.47 Å². The quantitative estimate of drug-likeness (QED) is 0.891. The molecule has 0 aromatic heterocycles. The van der Waals surface area contributed by atoms with E-state index in [4.69, 9.17) is 9.47 Å². The molecule has 20 heavy (non-hydrogen) atoms. The van der Waals surface area contributed by atoms with Crippen LogP contribution < -0.4 is 14.8 Å². The number of nitrogens with one attached hydrogen (secondary N) is 1. The highest BCUT2D eigenvalue weighted by molar-refractivity contribution is 5.43. The third-order valence-corrected chi connectivity index (χ3v) is 4.45. The molecule has 1 aliphatic rings. The molecule has 0 spiro atoms. The third kappa shape index (κ3) is 3.66. The first kappa shape index (κ1) is 15.2. The van der Waals surface area contributed by atoms with E-state index in [9.17, 15) is 0 Å². The van der Waals surface area contributed by atoms with Crippen LogP contribution in [0.5, 0.6) is 11.5 Å². The number of ether oxygens (including phenoxy) is 2. The molecule has 2 rings (SSSR count). The number of hydrogen-bond acceptors (Lipinski definition) is 3. The molecule has 0 radical (unpaired) electrons. The molecule has 3 unspecified atom stereocenters. The van der Waals surface area contributed by atoms with Crippen molar-refractivity contribution in [3.05, 3.63) is 23.8 Å². The second-order valence-corrected chi connectivity index (χ2v) is 6.02. The topological polar surface area (TPSA) is 30.5 Å². The summed E-state index contributed by atoms with van der Waals surface area (Å²) in [5, 5.41) is 3.17. The predicted molar refractivity (Wildman–Crippen MR) is 82.4 cm³/mol. The minimum absolute atomic E-state index is 0.319. The lowest BCUT2D eigenvalue weighted by molar-refractivity contribution is 0.0976. The van der Waals surface area contributed by atoms with Gasteiger partial charge >= 0.3 is 0 Å². The van der Waals surface area contributed by atoms with E-state index in [1.807, 2.05) is 13.1 Å². The number of benzene rings is 1. The lowest BCUT2D eigenvalue weighted by Gasteiger charge is -2.32. The predicted octanol–water partition coefficient (Wildman–Crippen LogP) is 3.62. The second kappa shape index (κ2) is 6.98. The Kier molecular flexibility index (Phi) is 5.30. The molecule has 0 saturated heterocycles. The van der Waals surface area contributed by atoms with Crippen LogP contribution in [-0.2, 0) is 6.54 Å². The molecular weight excluding hydrogens is 250 g/mol. The minimum atomic E-state index is 0.319. The van der Waals surface area contributed by atoms with Gasteiger partial charge in [0.05, 0.1) is 13.2 Å². The molecule has 112 valence electrons. The van der Waals surface area contributed by atoms with E-state index >= 15 is 0 Å². The second-order valence-electron chi connectivity index (χ2n) is 6.02. The van der Waals surface area contributed by atoms with Gasteiger partial charge in [-0.15, -0.1) is 0 Å². The Balaban J connectivity index is 2.08. The van der Waals surface area contributed by atoms with Gasteiger partial charge < -0.3 is 14.8 Å². The summed E-state index contributed by atoms with van der Waals surface area (Å²) in [5.74, 6) is 3.26. The maximum absolute atomic E-state index is 6.23. The average molecular weight is 277 g/mol. The maximum atomic E-state index is 6.23. The van der Waals surface area contributed by atoms with Crippen LogP contribution in [0.25, 0.3) is 0 Å². The number of hydrogen-bond donors (Lipinski definition) is 1. The normalized spacial score (nSPS) is 26.3. The van der Waals surface area contributed by atoms with E-state index in [0.29, 0.717) is 6.10 Å². The average Bonchev–Trinajstić information content (AvgIpc) is 2.44. The largest absolute Gasteiger partial charge is 0.493 e. The fourth-order valence-corrected chi connectivity index (χ4v) is 2.91. The van der Waals surface area contributed by atoms with Crippen molar-refractivity contribution in [3.63, 3.8) is 0 Å². The van der Waals surface area contributed by atoms with Gasteiger partial charge in [0.25, 0.3) is 0 Å². The highest BCUT2D eigenvalue weighted by atomic mass is 16.5. The Bertz CT molecular complexity index is 433. The van der Waals surface area contributed by atoms with Gasteiger partial charge in [0.2, 0.25) is 0 Å². The summed E-state index contributed by atoms with van der Waals surface area (Å²) in [7, 11) is 3.65. The van der Waals surface area contributed by atoms with Gasteiger partial charge in [-0.1, -0.05) is 19.9 Å². The molecule has 1 fully saturated rings. The first-order chi connectivity index (χ1) is 9.63. The van der Waals surface area contributed by atoms with Crippen molar-refractivity contribution >= 4 is 0 Å². The Morgan fingerprint density at radius 2 is 1.95 bits per heavy atom. The Morgan fingerprint density at radius 3 is 2.60 bits per heavy atom. The fourth-order valence-electron chi connectivity index (χ4n) is 2.91. The van der Waals surface area contributed by atoms with Gasteiger partial charge in [0, 0.05) is 6.54 Å². The molecular formula is C17H27NO2. The molecule has 0 amide bonds. The van der Waals surface area contributed by atoms with Crippen LogP contribution in [0.1, 0.15) is 38.7 Å². The molecule has 0 bridgehead atoms. The molecule has 3 heteroatoms. The van der Waals surface area contributed by atoms with Crippen LogP contribution in [0.3, 0.4) is 0 Å². The van der Waals surface area contributed by atoms with Crippen LogP contribution in [0.4, 0.5) is 0 Å². The van der Waals surface area contributed by atoms with Gasteiger partial charge in [-0.3, -0.25) is 0 Å². The summed E-state index contributed by atoms with van der Waals surface area (Å²) in [6, 6.07) is 6.17. The van der Waals surface area contributed by atoms with Gasteiger partial charge in [0.1, 0.15) is 0 Å². The Morgan fingerprint density at radius 1 is 1.15 bits per heavy atom. The monoisotopic (exact) mass is 277 g/mol. The van der Waals surface area contributed by atoms with Crippen LogP contribution in [0.15, 0.2) is 18.2 Å². The lowest BCUT2D eigenvalue weighted by Crippen LogP contribution is -2.28. The minimum Gasteiger partial charge on any atom is -0.493 e. The van der Waals surface area contributed by atoms with Crippen LogP contribution in [0.2, 0.25) is 0 Å². The lowest BCUT2D eigenvalue weighted by atomic mass is 9.80. The Labute approximate surface area is 122 Å². The standard InChI is InChI=1S/C17H27NO2/c1-12-5-7-15(9-13(12)2)20-17-10-14(11-18-3)6-8-16(17)19-4/h6,8,10,12-13,15,18H,5,7,9,11H2,1-4H3. The zero-order valence-corrected chi connectivity index (χ0v) is 13.1. The van der Waals surface area contributed by atoms with Crippen molar-refractivity contribution in [2.24, 2.45) is 11.8 Å². The van der Waals surface area contributed by atoms with Crippen molar-refractivity contribution in [2.75, 3.05) is 14.2 Å². The first-order valence-electron chi connectivity index (χ1n) is 7.62. The summed E-state index contributed by atoms with van der Waals surface area (Å²) in [5.41, 5.74) is 1.22.